The number of carbonyl (C=O) groups excluding carboxylic acids is 1. The third-order valence-corrected chi connectivity index (χ3v) is 3.95. The van der Waals surface area contributed by atoms with E-state index in [1.165, 1.54) is 0 Å². The fourth-order valence-corrected chi connectivity index (χ4v) is 1.97. The molecule has 0 saturated carbocycles. The molecule has 0 aliphatic heterocycles. The number of rotatable bonds is 2. The second kappa shape index (κ2) is 4.34. The second-order valence-electron chi connectivity index (χ2n) is 5.32. The Morgan fingerprint density at radius 1 is 1.40 bits per heavy atom. The Kier molecular flexibility index (Phi) is 3.54. The lowest BCUT2D eigenvalue weighted by molar-refractivity contribution is -0.113. The Balaban J connectivity index is 2.95. The molecule has 0 fully saturated rings. The largest absolute Gasteiger partial charge is 0.295 e. The van der Waals surface area contributed by atoms with Crippen LogP contribution in [0.2, 0.25) is 0 Å². The van der Waals surface area contributed by atoms with Gasteiger partial charge in [-0.25, -0.2) is 0 Å². The van der Waals surface area contributed by atoms with Crippen molar-refractivity contribution in [3.8, 4) is 0 Å². The van der Waals surface area contributed by atoms with E-state index >= 15 is 0 Å². The van der Waals surface area contributed by atoms with Crippen molar-refractivity contribution in [2.75, 3.05) is 0 Å². The van der Waals surface area contributed by atoms with Gasteiger partial charge in [-0.3, -0.25) is 4.79 Å². The van der Waals surface area contributed by atoms with Crippen LogP contribution in [0.3, 0.4) is 0 Å². The van der Waals surface area contributed by atoms with E-state index in [2.05, 4.69) is 39.0 Å². The number of Topliss-reactive ketones (excluding diaryl/α,β-unsaturated/α-hetero) is 1. The molecule has 2 unspecified atom stereocenters. The van der Waals surface area contributed by atoms with Crippen molar-refractivity contribution < 1.29 is 4.79 Å². The van der Waals surface area contributed by atoms with Crippen molar-refractivity contribution in [3.05, 3.63) is 23.8 Å². The van der Waals surface area contributed by atoms with Crippen molar-refractivity contribution in [1.82, 2.24) is 0 Å². The van der Waals surface area contributed by atoms with E-state index in [0.29, 0.717) is 11.8 Å². The van der Waals surface area contributed by atoms with Gasteiger partial charge in [0.05, 0.1) is 0 Å². The molecule has 0 aromatic rings. The predicted molar refractivity (Wildman–Crippen MR) is 64.6 cm³/mol. The number of hydrogen-bond donors (Lipinski definition) is 0. The highest BCUT2D eigenvalue weighted by Crippen LogP contribution is 2.42. The van der Waals surface area contributed by atoms with Crippen LogP contribution in [-0.4, -0.2) is 5.78 Å². The van der Waals surface area contributed by atoms with Crippen LogP contribution in [0.4, 0.5) is 0 Å². The van der Waals surface area contributed by atoms with Gasteiger partial charge in [-0.15, -0.1) is 0 Å². The zero-order valence-electron chi connectivity index (χ0n) is 10.5. The minimum Gasteiger partial charge on any atom is -0.295 e. The average Bonchev–Trinajstić information content (AvgIpc) is 2.13. The smallest absolute Gasteiger partial charge is 0.155 e. The summed E-state index contributed by atoms with van der Waals surface area (Å²) in [4.78, 5) is 11.2. The molecule has 0 heterocycles. The highest BCUT2D eigenvalue weighted by atomic mass is 16.1. The number of ketones is 1. The maximum absolute atomic E-state index is 11.2. The minimum absolute atomic E-state index is 0.178. The molecule has 0 bridgehead atoms. The summed E-state index contributed by atoms with van der Waals surface area (Å²) in [5.41, 5.74) is 1.14. The van der Waals surface area contributed by atoms with Gasteiger partial charge < -0.3 is 0 Å². The van der Waals surface area contributed by atoms with Crippen LogP contribution in [0, 0.1) is 17.3 Å². The molecule has 0 spiro atoms. The SMILES string of the molecule is CC(=O)C(C)=CC1C=CCC(C)C1(C)C. The highest BCUT2D eigenvalue weighted by molar-refractivity contribution is 5.92. The molecule has 0 N–H and O–H groups in total. The molecule has 0 aromatic heterocycles. The van der Waals surface area contributed by atoms with Crippen molar-refractivity contribution in [1.29, 1.82) is 0 Å². The lowest BCUT2D eigenvalue weighted by Gasteiger charge is -2.39. The van der Waals surface area contributed by atoms with E-state index in [1.54, 1.807) is 6.92 Å². The Morgan fingerprint density at radius 3 is 2.53 bits per heavy atom. The molecular formula is C14H22O. The van der Waals surface area contributed by atoms with E-state index < -0.39 is 0 Å². The molecule has 0 amide bonds. The normalized spacial score (nSPS) is 30.3. The fourth-order valence-electron chi connectivity index (χ4n) is 1.97. The van der Waals surface area contributed by atoms with Gasteiger partial charge in [0.15, 0.2) is 5.78 Å². The molecule has 0 radical (unpaired) electrons. The fraction of sp³-hybridized carbons (Fsp3) is 0.643. The number of hydrogen-bond acceptors (Lipinski definition) is 1. The maximum atomic E-state index is 11.2. The van der Waals surface area contributed by atoms with Crippen molar-refractivity contribution >= 4 is 5.78 Å². The molecule has 1 nitrogen and oxygen atoms in total. The van der Waals surface area contributed by atoms with Crippen LogP contribution < -0.4 is 0 Å². The summed E-state index contributed by atoms with van der Waals surface area (Å²) in [7, 11) is 0. The van der Waals surface area contributed by atoms with E-state index in [1.807, 2.05) is 6.92 Å². The number of allylic oxidation sites excluding steroid dienone is 4. The zero-order chi connectivity index (χ0) is 11.6. The summed E-state index contributed by atoms with van der Waals surface area (Å²) in [6.45, 7) is 10.4. The standard InChI is InChI=1S/C14H22O/c1-10(12(3)15)9-13-8-6-7-11(2)14(13,4)5/h6,8-9,11,13H,7H2,1-5H3. The monoisotopic (exact) mass is 206 g/mol. The van der Waals surface area contributed by atoms with Gasteiger partial charge >= 0.3 is 0 Å². The molecule has 1 aliphatic carbocycles. The summed E-state index contributed by atoms with van der Waals surface area (Å²) in [5, 5.41) is 0. The first kappa shape index (κ1) is 12.2. The van der Waals surface area contributed by atoms with Crippen LogP contribution in [-0.2, 0) is 4.79 Å². The lowest BCUT2D eigenvalue weighted by atomic mass is 9.65. The van der Waals surface area contributed by atoms with Crippen LogP contribution in [0.25, 0.3) is 0 Å². The van der Waals surface area contributed by atoms with Gasteiger partial charge in [0.25, 0.3) is 0 Å². The van der Waals surface area contributed by atoms with Crippen molar-refractivity contribution in [2.24, 2.45) is 17.3 Å². The third kappa shape index (κ3) is 2.58. The quantitative estimate of drug-likeness (QED) is 0.496. The molecule has 0 aromatic carbocycles. The molecule has 84 valence electrons. The Bertz CT molecular complexity index is 307. The van der Waals surface area contributed by atoms with Gasteiger partial charge in [-0.05, 0) is 37.2 Å². The molecule has 15 heavy (non-hydrogen) atoms. The third-order valence-electron chi connectivity index (χ3n) is 3.95. The van der Waals surface area contributed by atoms with Gasteiger partial charge in [0, 0.05) is 5.92 Å². The Hall–Kier alpha value is -0.850. The summed E-state index contributed by atoms with van der Waals surface area (Å²) >= 11 is 0. The van der Waals surface area contributed by atoms with Crippen molar-refractivity contribution in [3.63, 3.8) is 0 Å². The van der Waals surface area contributed by atoms with Crippen molar-refractivity contribution in [2.45, 2.75) is 41.0 Å². The zero-order valence-corrected chi connectivity index (χ0v) is 10.5. The first-order valence-corrected chi connectivity index (χ1v) is 5.71. The van der Waals surface area contributed by atoms with Crippen LogP contribution >= 0.6 is 0 Å². The summed E-state index contributed by atoms with van der Waals surface area (Å²) < 4.78 is 0. The topological polar surface area (TPSA) is 17.1 Å². The summed E-state index contributed by atoms with van der Waals surface area (Å²) in [6.07, 6.45) is 7.75. The van der Waals surface area contributed by atoms with E-state index in [-0.39, 0.29) is 11.2 Å². The van der Waals surface area contributed by atoms with E-state index in [9.17, 15) is 4.79 Å². The molecule has 1 rings (SSSR count). The summed E-state index contributed by atoms with van der Waals surface area (Å²) in [5.74, 6) is 1.24. The Morgan fingerprint density at radius 2 is 2.00 bits per heavy atom. The summed E-state index contributed by atoms with van der Waals surface area (Å²) in [6, 6.07) is 0. The highest BCUT2D eigenvalue weighted by Gasteiger charge is 2.33. The predicted octanol–water partition coefficient (Wildman–Crippen LogP) is 3.76. The van der Waals surface area contributed by atoms with Crippen LogP contribution in [0.1, 0.15) is 41.0 Å². The minimum atomic E-state index is 0.178. The molecule has 2 atom stereocenters. The molecular weight excluding hydrogens is 184 g/mol. The Labute approximate surface area is 93.3 Å². The number of carbonyl (C=O) groups is 1. The first-order valence-electron chi connectivity index (χ1n) is 5.71. The molecule has 1 heteroatoms. The van der Waals surface area contributed by atoms with Gasteiger partial charge in [0.2, 0.25) is 0 Å². The van der Waals surface area contributed by atoms with E-state index in [0.717, 1.165) is 12.0 Å². The van der Waals surface area contributed by atoms with Crippen LogP contribution in [0.5, 0.6) is 0 Å². The molecule has 1 aliphatic rings. The van der Waals surface area contributed by atoms with E-state index in [4.69, 9.17) is 0 Å². The lowest BCUT2D eigenvalue weighted by Crippen LogP contribution is -2.31. The first-order chi connectivity index (χ1) is 6.85. The maximum Gasteiger partial charge on any atom is 0.155 e. The van der Waals surface area contributed by atoms with Gasteiger partial charge in [0.1, 0.15) is 0 Å². The van der Waals surface area contributed by atoms with Gasteiger partial charge in [-0.1, -0.05) is 39.0 Å². The van der Waals surface area contributed by atoms with Gasteiger partial charge in [-0.2, -0.15) is 0 Å². The molecule has 0 saturated heterocycles. The average molecular weight is 206 g/mol. The second-order valence-corrected chi connectivity index (χ2v) is 5.32. The van der Waals surface area contributed by atoms with Crippen LogP contribution in [0.15, 0.2) is 23.8 Å².